The molecule has 2 heterocycles. The summed E-state index contributed by atoms with van der Waals surface area (Å²) in [6, 6.07) is 10.5. The molecular weight excluding hydrogens is 312 g/mol. The quantitative estimate of drug-likeness (QED) is 0.795. The van der Waals surface area contributed by atoms with Crippen molar-refractivity contribution >= 4 is 5.91 Å². The average molecular weight is 344 g/mol. The zero-order chi connectivity index (χ0) is 17.5. The van der Waals surface area contributed by atoms with E-state index in [0.717, 1.165) is 52.1 Å². The molecule has 0 bridgehead atoms. The standard InChI is InChI=1S/C21H32N2O2/c1-22-12-5-8-19(16-22)17-23(13-9-18-6-3-2-4-7-18)21(24)20-10-14-25-15-11-20/h2-4,6-7,19-20H,5,8-17H2,1H3/t19-/m0/s1. The molecule has 1 aromatic carbocycles. The molecule has 0 aromatic heterocycles. The first-order valence-electron chi connectivity index (χ1n) is 9.81. The number of ether oxygens (including phenoxy) is 1. The number of likely N-dealkylation sites (tertiary alicyclic amines) is 1. The van der Waals surface area contributed by atoms with E-state index < -0.39 is 0 Å². The third kappa shape index (κ3) is 5.55. The van der Waals surface area contributed by atoms with E-state index in [1.807, 2.05) is 6.07 Å². The highest BCUT2D eigenvalue weighted by atomic mass is 16.5. The van der Waals surface area contributed by atoms with E-state index in [2.05, 4.69) is 41.1 Å². The van der Waals surface area contributed by atoms with Crippen LogP contribution in [0.2, 0.25) is 0 Å². The van der Waals surface area contributed by atoms with Crippen LogP contribution in [0.15, 0.2) is 30.3 Å². The van der Waals surface area contributed by atoms with Crippen LogP contribution in [0.5, 0.6) is 0 Å². The summed E-state index contributed by atoms with van der Waals surface area (Å²) in [5, 5.41) is 0. The fourth-order valence-electron chi connectivity index (χ4n) is 4.14. The van der Waals surface area contributed by atoms with Crippen molar-refractivity contribution in [3.8, 4) is 0 Å². The summed E-state index contributed by atoms with van der Waals surface area (Å²) in [4.78, 5) is 17.7. The van der Waals surface area contributed by atoms with Crippen LogP contribution in [-0.4, -0.2) is 62.1 Å². The summed E-state index contributed by atoms with van der Waals surface area (Å²) in [6.45, 7) is 5.51. The molecule has 2 aliphatic rings. The number of amides is 1. The highest BCUT2D eigenvalue weighted by Gasteiger charge is 2.29. The second-order valence-electron chi connectivity index (χ2n) is 7.68. The van der Waals surface area contributed by atoms with Crippen molar-refractivity contribution in [2.45, 2.75) is 32.1 Å². The van der Waals surface area contributed by atoms with Crippen LogP contribution in [0.25, 0.3) is 0 Å². The van der Waals surface area contributed by atoms with Crippen LogP contribution in [-0.2, 0) is 16.0 Å². The van der Waals surface area contributed by atoms with Gasteiger partial charge in [0.1, 0.15) is 0 Å². The Labute approximate surface area is 152 Å². The lowest BCUT2D eigenvalue weighted by Crippen LogP contribution is -2.45. The molecule has 2 fully saturated rings. The number of hydrogen-bond acceptors (Lipinski definition) is 3. The van der Waals surface area contributed by atoms with E-state index in [-0.39, 0.29) is 5.92 Å². The summed E-state index contributed by atoms with van der Waals surface area (Å²) >= 11 is 0. The van der Waals surface area contributed by atoms with Crippen LogP contribution in [0.4, 0.5) is 0 Å². The molecule has 0 unspecified atom stereocenters. The van der Waals surface area contributed by atoms with E-state index in [0.29, 0.717) is 11.8 Å². The second kappa shape index (κ2) is 9.35. The molecule has 25 heavy (non-hydrogen) atoms. The van der Waals surface area contributed by atoms with Gasteiger partial charge < -0.3 is 14.5 Å². The molecule has 0 radical (unpaired) electrons. The van der Waals surface area contributed by atoms with Gasteiger partial charge >= 0.3 is 0 Å². The Morgan fingerprint density at radius 1 is 1.20 bits per heavy atom. The maximum atomic E-state index is 13.1. The van der Waals surface area contributed by atoms with Crippen LogP contribution in [0.1, 0.15) is 31.2 Å². The van der Waals surface area contributed by atoms with Gasteiger partial charge in [0.05, 0.1) is 0 Å². The smallest absolute Gasteiger partial charge is 0.225 e. The fraction of sp³-hybridized carbons (Fsp3) is 0.667. The molecule has 4 nitrogen and oxygen atoms in total. The van der Waals surface area contributed by atoms with Gasteiger partial charge in [0.25, 0.3) is 0 Å². The highest BCUT2D eigenvalue weighted by molar-refractivity contribution is 5.79. The van der Waals surface area contributed by atoms with Crippen LogP contribution < -0.4 is 0 Å². The van der Waals surface area contributed by atoms with E-state index in [9.17, 15) is 4.79 Å². The summed E-state index contributed by atoms with van der Waals surface area (Å²) in [6.07, 6.45) is 5.20. The first-order chi connectivity index (χ1) is 12.2. The molecule has 0 N–H and O–H groups in total. The first kappa shape index (κ1) is 18.4. The van der Waals surface area contributed by atoms with Gasteiger partial charge in [-0.3, -0.25) is 4.79 Å². The molecule has 138 valence electrons. The Hall–Kier alpha value is -1.39. The first-order valence-corrected chi connectivity index (χ1v) is 9.81. The second-order valence-corrected chi connectivity index (χ2v) is 7.68. The third-order valence-electron chi connectivity index (χ3n) is 5.60. The van der Waals surface area contributed by atoms with E-state index in [1.165, 1.54) is 24.9 Å². The van der Waals surface area contributed by atoms with E-state index in [1.54, 1.807) is 0 Å². The minimum Gasteiger partial charge on any atom is -0.381 e. The van der Waals surface area contributed by atoms with Crippen molar-refractivity contribution in [2.24, 2.45) is 11.8 Å². The highest BCUT2D eigenvalue weighted by Crippen LogP contribution is 2.22. The monoisotopic (exact) mass is 344 g/mol. The van der Waals surface area contributed by atoms with E-state index >= 15 is 0 Å². The zero-order valence-electron chi connectivity index (χ0n) is 15.5. The molecular formula is C21H32N2O2. The lowest BCUT2D eigenvalue weighted by molar-refractivity contribution is -0.139. The van der Waals surface area contributed by atoms with Crippen LogP contribution in [0.3, 0.4) is 0 Å². The number of rotatable bonds is 6. The van der Waals surface area contributed by atoms with Gasteiger partial charge in [-0.15, -0.1) is 0 Å². The number of nitrogens with zero attached hydrogens (tertiary/aromatic N) is 2. The molecule has 0 saturated carbocycles. The Morgan fingerprint density at radius 2 is 1.96 bits per heavy atom. The van der Waals surface area contributed by atoms with Crippen molar-refractivity contribution in [3.05, 3.63) is 35.9 Å². The molecule has 3 rings (SSSR count). The van der Waals surface area contributed by atoms with Crippen LogP contribution >= 0.6 is 0 Å². The van der Waals surface area contributed by atoms with Gasteiger partial charge in [0, 0.05) is 38.8 Å². The maximum absolute atomic E-state index is 13.1. The number of hydrogen-bond donors (Lipinski definition) is 0. The topological polar surface area (TPSA) is 32.8 Å². The number of carbonyl (C=O) groups is 1. The number of carbonyl (C=O) groups excluding carboxylic acids is 1. The zero-order valence-corrected chi connectivity index (χ0v) is 15.5. The number of benzene rings is 1. The minimum atomic E-state index is 0.158. The molecule has 0 aliphatic carbocycles. The number of piperidine rings is 1. The maximum Gasteiger partial charge on any atom is 0.225 e. The van der Waals surface area contributed by atoms with Crippen molar-refractivity contribution in [1.29, 1.82) is 0 Å². The third-order valence-corrected chi connectivity index (χ3v) is 5.60. The van der Waals surface area contributed by atoms with Crippen molar-refractivity contribution in [2.75, 3.05) is 46.4 Å². The molecule has 0 spiro atoms. The van der Waals surface area contributed by atoms with Gasteiger partial charge in [0.15, 0.2) is 0 Å². The molecule has 4 heteroatoms. The fourth-order valence-corrected chi connectivity index (χ4v) is 4.14. The van der Waals surface area contributed by atoms with Crippen molar-refractivity contribution < 1.29 is 9.53 Å². The van der Waals surface area contributed by atoms with Gasteiger partial charge in [-0.2, -0.15) is 0 Å². The lowest BCUT2D eigenvalue weighted by Gasteiger charge is -2.36. The molecule has 2 saturated heterocycles. The summed E-state index contributed by atoms with van der Waals surface area (Å²) in [5.41, 5.74) is 1.31. The van der Waals surface area contributed by atoms with Gasteiger partial charge in [-0.05, 0) is 57.2 Å². The normalized spacial score (nSPS) is 22.7. The Morgan fingerprint density at radius 3 is 2.68 bits per heavy atom. The summed E-state index contributed by atoms with van der Waals surface area (Å²) in [5.74, 6) is 1.12. The molecule has 2 aliphatic heterocycles. The van der Waals surface area contributed by atoms with E-state index in [4.69, 9.17) is 4.74 Å². The van der Waals surface area contributed by atoms with Gasteiger partial charge in [-0.1, -0.05) is 30.3 Å². The van der Waals surface area contributed by atoms with Crippen LogP contribution in [0, 0.1) is 11.8 Å². The largest absolute Gasteiger partial charge is 0.381 e. The van der Waals surface area contributed by atoms with Crippen molar-refractivity contribution in [3.63, 3.8) is 0 Å². The summed E-state index contributed by atoms with van der Waals surface area (Å²) in [7, 11) is 2.20. The Kier molecular flexibility index (Phi) is 6.88. The Balaban J connectivity index is 1.62. The SMILES string of the molecule is CN1CCC[C@H](CN(CCc2ccccc2)C(=O)C2CCOCC2)C1. The van der Waals surface area contributed by atoms with Gasteiger partial charge in [-0.25, -0.2) is 0 Å². The lowest BCUT2D eigenvalue weighted by atomic mass is 9.94. The Bertz CT molecular complexity index is 528. The van der Waals surface area contributed by atoms with Crippen molar-refractivity contribution in [1.82, 2.24) is 9.80 Å². The predicted octanol–water partition coefficient (Wildman–Crippen LogP) is 2.83. The summed E-state index contributed by atoms with van der Waals surface area (Å²) < 4.78 is 5.45. The van der Waals surface area contributed by atoms with Gasteiger partial charge in [0.2, 0.25) is 5.91 Å². The average Bonchev–Trinajstić information content (AvgIpc) is 2.66. The minimum absolute atomic E-state index is 0.158. The predicted molar refractivity (Wildman–Crippen MR) is 100 cm³/mol. The molecule has 1 atom stereocenters. The molecule has 1 aromatic rings. The molecule has 1 amide bonds.